The predicted molar refractivity (Wildman–Crippen MR) is 82.7 cm³/mol. The van der Waals surface area contributed by atoms with Gasteiger partial charge in [-0.05, 0) is 55.9 Å². The maximum atomic E-state index is 11.1. The molecule has 0 aromatic carbocycles. The molecule has 1 aliphatic carbocycles. The predicted octanol–water partition coefficient (Wildman–Crippen LogP) is 1.26. The standard InChI is InChI=1S/C15H20N6O2/c1-9-6-11(7-13(17-9)15(22)23)14-18-20-21(19-14)8-10-2-4-12(16)5-3-10/h6-7,10,12H,2-5,8,16H2,1H3,(H,22,23). The van der Waals surface area contributed by atoms with Gasteiger partial charge in [-0.15, -0.1) is 10.2 Å². The third-order valence-corrected chi connectivity index (χ3v) is 4.20. The number of nitrogens with zero attached hydrogens (tertiary/aromatic N) is 5. The number of aryl methyl sites for hydroxylation is 1. The number of carboxylic acid groups (broad SMARTS) is 1. The molecule has 0 unspecified atom stereocenters. The van der Waals surface area contributed by atoms with Crippen LogP contribution in [0.2, 0.25) is 0 Å². The average molecular weight is 316 g/mol. The smallest absolute Gasteiger partial charge is 0.354 e. The molecule has 0 spiro atoms. The van der Waals surface area contributed by atoms with Crippen molar-refractivity contribution in [3.8, 4) is 11.4 Å². The van der Waals surface area contributed by atoms with Gasteiger partial charge in [0, 0.05) is 17.3 Å². The van der Waals surface area contributed by atoms with Crippen molar-refractivity contribution in [2.75, 3.05) is 0 Å². The Morgan fingerprint density at radius 1 is 1.35 bits per heavy atom. The highest BCUT2D eigenvalue weighted by Crippen LogP contribution is 2.24. The van der Waals surface area contributed by atoms with Gasteiger partial charge in [-0.2, -0.15) is 4.80 Å². The summed E-state index contributed by atoms with van der Waals surface area (Å²) in [7, 11) is 0. The fourth-order valence-corrected chi connectivity index (χ4v) is 2.95. The largest absolute Gasteiger partial charge is 0.477 e. The lowest BCUT2D eigenvalue weighted by atomic mass is 9.86. The van der Waals surface area contributed by atoms with E-state index in [4.69, 9.17) is 10.8 Å². The molecule has 0 aliphatic heterocycles. The summed E-state index contributed by atoms with van der Waals surface area (Å²) < 4.78 is 0. The number of carbonyl (C=O) groups is 1. The molecule has 1 fully saturated rings. The van der Waals surface area contributed by atoms with Crippen LogP contribution in [0.25, 0.3) is 11.4 Å². The van der Waals surface area contributed by atoms with Crippen molar-refractivity contribution in [3.05, 3.63) is 23.5 Å². The Labute approximate surface area is 133 Å². The summed E-state index contributed by atoms with van der Waals surface area (Å²) in [6, 6.07) is 3.55. The lowest BCUT2D eigenvalue weighted by molar-refractivity contribution is 0.0690. The van der Waals surface area contributed by atoms with Crippen LogP contribution < -0.4 is 5.73 Å². The molecule has 3 N–H and O–H groups in total. The van der Waals surface area contributed by atoms with E-state index in [0.29, 0.717) is 29.0 Å². The topological polar surface area (TPSA) is 120 Å². The lowest BCUT2D eigenvalue weighted by Gasteiger charge is -2.25. The molecule has 2 aromatic heterocycles. The minimum atomic E-state index is -1.07. The molecule has 3 rings (SSSR count). The molecule has 23 heavy (non-hydrogen) atoms. The van der Waals surface area contributed by atoms with E-state index >= 15 is 0 Å². The number of tetrazole rings is 1. The molecule has 8 heteroatoms. The maximum absolute atomic E-state index is 11.1. The molecular weight excluding hydrogens is 296 g/mol. The van der Waals surface area contributed by atoms with E-state index in [-0.39, 0.29) is 5.69 Å². The maximum Gasteiger partial charge on any atom is 0.354 e. The van der Waals surface area contributed by atoms with Crippen LogP contribution >= 0.6 is 0 Å². The van der Waals surface area contributed by atoms with Crippen LogP contribution in [0.3, 0.4) is 0 Å². The first-order valence-electron chi connectivity index (χ1n) is 7.77. The van der Waals surface area contributed by atoms with Gasteiger partial charge in [-0.3, -0.25) is 0 Å². The summed E-state index contributed by atoms with van der Waals surface area (Å²) >= 11 is 0. The second-order valence-electron chi connectivity index (χ2n) is 6.14. The van der Waals surface area contributed by atoms with Crippen molar-refractivity contribution in [2.45, 2.75) is 45.2 Å². The number of nitrogens with two attached hydrogens (primary N) is 1. The van der Waals surface area contributed by atoms with Crippen LogP contribution in [0.15, 0.2) is 12.1 Å². The van der Waals surface area contributed by atoms with E-state index in [0.717, 1.165) is 32.2 Å². The molecule has 2 heterocycles. The van der Waals surface area contributed by atoms with Crippen molar-refractivity contribution >= 4 is 5.97 Å². The van der Waals surface area contributed by atoms with Gasteiger partial charge in [0.15, 0.2) is 0 Å². The zero-order valence-corrected chi connectivity index (χ0v) is 13.0. The first kappa shape index (κ1) is 15.5. The van der Waals surface area contributed by atoms with Gasteiger partial charge in [0.05, 0.1) is 6.54 Å². The second-order valence-corrected chi connectivity index (χ2v) is 6.14. The molecule has 0 amide bonds. The fraction of sp³-hybridized carbons (Fsp3) is 0.533. The Bertz CT molecular complexity index is 706. The number of carboxylic acids is 1. The van der Waals surface area contributed by atoms with Crippen LogP contribution in [0.1, 0.15) is 41.9 Å². The third kappa shape index (κ3) is 3.70. The van der Waals surface area contributed by atoms with E-state index < -0.39 is 5.97 Å². The van der Waals surface area contributed by atoms with Crippen LogP contribution in [0, 0.1) is 12.8 Å². The number of aromatic nitrogens is 5. The number of rotatable bonds is 4. The van der Waals surface area contributed by atoms with Crippen molar-refractivity contribution in [3.63, 3.8) is 0 Å². The highest BCUT2D eigenvalue weighted by molar-refractivity contribution is 5.86. The highest BCUT2D eigenvalue weighted by atomic mass is 16.4. The molecular formula is C15H20N6O2. The van der Waals surface area contributed by atoms with E-state index in [1.54, 1.807) is 17.8 Å². The van der Waals surface area contributed by atoms with Crippen LogP contribution in [0.4, 0.5) is 0 Å². The SMILES string of the molecule is Cc1cc(-c2nnn(CC3CCC(N)CC3)n2)cc(C(=O)O)n1. The lowest BCUT2D eigenvalue weighted by Crippen LogP contribution is -2.28. The number of aromatic carboxylic acids is 1. The van der Waals surface area contributed by atoms with Crippen molar-refractivity contribution < 1.29 is 9.90 Å². The summed E-state index contributed by atoms with van der Waals surface area (Å²) in [5.41, 5.74) is 7.13. The van der Waals surface area contributed by atoms with Gasteiger partial charge in [-0.25, -0.2) is 9.78 Å². The summed E-state index contributed by atoms with van der Waals surface area (Å²) in [5.74, 6) is -0.128. The Balaban J connectivity index is 1.75. The van der Waals surface area contributed by atoms with Gasteiger partial charge in [0.2, 0.25) is 5.82 Å². The molecule has 0 bridgehead atoms. The van der Waals surface area contributed by atoms with E-state index in [1.807, 2.05) is 0 Å². The Morgan fingerprint density at radius 3 is 2.78 bits per heavy atom. The summed E-state index contributed by atoms with van der Waals surface area (Å²) in [4.78, 5) is 16.7. The molecule has 0 atom stereocenters. The van der Waals surface area contributed by atoms with Crippen molar-refractivity contribution in [1.82, 2.24) is 25.2 Å². The summed E-state index contributed by atoms with van der Waals surface area (Å²) in [6.07, 6.45) is 4.24. The third-order valence-electron chi connectivity index (χ3n) is 4.20. The molecule has 0 radical (unpaired) electrons. The monoisotopic (exact) mass is 316 g/mol. The van der Waals surface area contributed by atoms with Crippen molar-refractivity contribution in [1.29, 1.82) is 0 Å². The van der Waals surface area contributed by atoms with E-state index in [1.165, 1.54) is 6.07 Å². The average Bonchev–Trinajstić information content (AvgIpc) is 2.97. The number of hydrogen-bond donors (Lipinski definition) is 2. The molecule has 1 saturated carbocycles. The first-order valence-corrected chi connectivity index (χ1v) is 7.77. The Kier molecular flexibility index (Phi) is 4.33. The highest BCUT2D eigenvalue weighted by Gasteiger charge is 2.20. The second kappa shape index (κ2) is 6.41. The van der Waals surface area contributed by atoms with E-state index in [9.17, 15) is 4.79 Å². The Hall–Kier alpha value is -2.35. The van der Waals surface area contributed by atoms with E-state index in [2.05, 4.69) is 20.4 Å². The molecule has 122 valence electrons. The minimum absolute atomic E-state index is 0.0161. The minimum Gasteiger partial charge on any atom is -0.477 e. The molecule has 0 saturated heterocycles. The Morgan fingerprint density at radius 2 is 2.09 bits per heavy atom. The van der Waals surface area contributed by atoms with Crippen LogP contribution in [-0.2, 0) is 6.54 Å². The zero-order valence-electron chi connectivity index (χ0n) is 13.0. The number of pyridine rings is 1. The van der Waals surface area contributed by atoms with Crippen LogP contribution in [0.5, 0.6) is 0 Å². The molecule has 8 nitrogen and oxygen atoms in total. The van der Waals surface area contributed by atoms with Crippen LogP contribution in [-0.4, -0.2) is 42.3 Å². The fourth-order valence-electron chi connectivity index (χ4n) is 2.95. The summed E-state index contributed by atoms with van der Waals surface area (Å²) in [5, 5.41) is 21.6. The quantitative estimate of drug-likeness (QED) is 0.871. The summed E-state index contributed by atoms with van der Waals surface area (Å²) in [6.45, 7) is 2.46. The molecule has 2 aromatic rings. The normalized spacial score (nSPS) is 21.3. The molecule has 1 aliphatic rings. The van der Waals surface area contributed by atoms with Gasteiger partial charge in [0.1, 0.15) is 5.69 Å². The van der Waals surface area contributed by atoms with Gasteiger partial charge in [-0.1, -0.05) is 0 Å². The number of hydrogen-bond acceptors (Lipinski definition) is 6. The van der Waals surface area contributed by atoms with Crippen molar-refractivity contribution in [2.24, 2.45) is 11.7 Å². The zero-order chi connectivity index (χ0) is 16.4. The first-order chi connectivity index (χ1) is 11.0. The van der Waals surface area contributed by atoms with Gasteiger partial charge in [0.25, 0.3) is 0 Å². The van der Waals surface area contributed by atoms with Gasteiger partial charge < -0.3 is 10.8 Å². The van der Waals surface area contributed by atoms with Gasteiger partial charge >= 0.3 is 5.97 Å².